The third-order valence-electron chi connectivity index (χ3n) is 7.68. The molecule has 2 bridgehead atoms. The third-order valence-corrected chi connectivity index (χ3v) is 7.68. The zero-order chi connectivity index (χ0) is 20.1. The van der Waals surface area contributed by atoms with Crippen molar-refractivity contribution in [3.05, 3.63) is 29.8 Å². The molecule has 0 N–H and O–H groups in total. The van der Waals surface area contributed by atoms with Gasteiger partial charge >= 0.3 is 0 Å². The van der Waals surface area contributed by atoms with Crippen LogP contribution in [0.4, 0.5) is 0 Å². The number of ether oxygens (including phenoxy) is 3. The molecule has 1 aliphatic carbocycles. The van der Waals surface area contributed by atoms with Gasteiger partial charge in [0.2, 0.25) is 6.79 Å². The molecule has 1 amide bonds. The van der Waals surface area contributed by atoms with E-state index in [1.165, 1.54) is 37.8 Å². The van der Waals surface area contributed by atoms with Crippen LogP contribution in [0.5, 0.6) is 17.2 Å². The molecule has 0 aromatic heterocycles. The van der Waals surface area contributed by atoms with Gasteiger partial charge in [0.25, 0.3) is 5.91 Å². The topological polar surface area (TPSA) is 51.2 Å². The van der Waals surface area contributed by atoms with Gasteiger partial charge in [-0.15, -0.1) is 0 Å². The highest BCUT2D eigenvalue weighted by Gasteiger charge is 2.46. The van der Waals surface area contributed by atoms with Gasteiger partial charge in [-0.1, -0.05) is 18.1 Å². The third kappa shape index (κ3) is 3.16. The smallest absolute Gasteiger partial charge is 0.261 e. The first-order valence-corrected chi connectivity index (χ1v) is 11.5. The number of amides is 1. The second-order valence-electron chi connectivity index (χ2n) is 9.40. The molecule has 3 saturated heterocycles. The summed E-state index contributed by atoms with van der Waals surface area (Å²) in [6, 6.07) is 6.49. The number of hydrogen-bond acceptors (Lipinski definition) is 5. The number of carbonyl (C=O) groups is 1. The van der Waals surface area contributed by atoms with E-state index in [1.807, 2.05) is 12.1 Å². The van der Waals surface area contributed by atoms with Crippen molar-refractivity contribution in [2.45, 2.75) is 50.6 Å². The fraction of sp³-hybridized carbons (Fsp3) is 0.625. The standard InChI is InChI=1S/C24H30N2O4/c27-23(14-28-19-6-7-21-22(12-19)30-15-29-21)26-9-3-4-16-10-17-11-18(24(16)26)13-25-8-2-1-5-20(17)25/h6-7,10,12,17-18,20,24H,1-5,8-9,11,13-15H2/t17-,18-,20+,24-/m0/s1. The predicted molar refractivity (Wildman–Crippen MR) is 112 cm³/mol. The molecule has 4 heterocycles. The summed E-state index contributed by atoms with van der Waals surface area (Å²) < 4.78 is 16.6. The lowest BCUT2D eigenvalue weighted by Crippen LogP contribution is -2.60. The van der Waals surface area contributed by atoms with Crippen LogP contribution in [-0.4, -0.2) is 60.8 Å². The number of rotatable bonds is 3. The highest BCUT2D eigenvalue weighted by atomic mass is 16.7. The molecule has 30 heavy (non-hydrogen) atoms. The number of likely N-dealkylation sites (tertiary alicyclic amines) is 1. The number of piperidine rings is 3. The molecule has 4 aliphatic heterocycles. The van der Waals surface area contributed by atoms with Gasteiger partial charge in [-0.05, 0) is 62.6 Å². The van der Waals surface area contributed by atoms with E-state index in [1.54, 1.807) is 6.07 Å². The van der Waals surface area contributed by atoms with E-state index in [4.69, 9.17) is 14.2 Å². The predicted octanol–water partition coefficient (Wildman–Crippen LogP) is 3.22. The Kier molecular flexibility index (Phi) is 4.63. The average Bonchev–Trinajstić information content (AvgIpc) is 3.25. The zero-order valence-corrected chi connectivity index (χ0v) is 17.4. The Morgan fingerprint density at radius 3 is 3.03 bits per heavy atom. The molecule has 6 nitrogen and oxygen atoms in total. The molecule has 0 unspecified atom stereocenters. The van der Waals surface area contributed by atoms with Crippen LogP contribution < -0.4 is 14.2 Å². The lowest BCUT2D eigenvalue weighted by Gasteiger charge is -2.54. The van der Waals surface area contributed by atoms with Gasteiger partial charge in [-0.3, -0.25) is 9.69 Å². The van der Waals surface area contributed by atoms with Gasteiger partial charge in [0.15, 0.2) is 18.1 Å². The van der Waals surface area contributed by atoms with Crippen molar-refractivity contribution in [1.82, 2.24) is 9.80 Å². The second kappa shape index (κ2) is 7.49. The first-order chi connectivity index (χ1) is 14.8. The Labute approximate surface area is 177 Å². The van der Waals surface area contributed by atoms with Crippen molar-refractivity contribution < 1.29 is 19.0 Å². The Morgan fingerprint density at radius 2 is 2.07 bits per heavy atom. The van der Waals surface area contributed by atoms with Crippen LogP contribution in [0.3, 0.4) is 0 Å². The summed E-state index contributed by atoms with van der Waals surface area (Å²) in [6.07, 6.45) is 10.0. The fourth-order valence-electron chi connectivity index (χ4n) is 6.45. The van der Waals surface area contributed by atoms with E-state index in [0.29, 0.717) is 23.3 Å². The van der Waals surface area contributed by atoms with Gasteiger partial charge in [-0.25, -0.2) is 0 Å². The monoisotopic (exact) mass is 410 g/mol. The largest absolute Gasteiger partial charge is 0.484 e. The van der Waals surface area contributed by atoms with E-state index in [9.17, 15) is 4.79 Å². The minimum atomic E-state index is 0.0753. The van der Waals surface area contributed by atoms with Crippen LogP contribution in [0.15, 0.2) is 29.8 Å². The number of carbonyl (C=O) groups excluding carboxylic acids is 1. The highest BCUT2D eigenvalue weighted by molar-refractivity contribution is 5.79. The van der Waals surface area contributed by atoms with Crippen molar-refractivity contribution in [1.29, 1.82) is 0 Å². The van der Waals surface area contributed by atoms with Crippen molar-refractivity contribution in [2.75, 3.05) is 33.0 Å². The van der Waals surface area contributed by atoms with Gasteiger partial charge in [0, 0.05) is 25.2 Å². The van der Waals surface area contributed by atoms with Gasteiger partial charge in [-0.2, -0.15) is 0 Å². The second-order valence-corrected chi connectivity index (χ2v) is 9.40. The number of benzene rings is 1. The molecular weight excluding hydrogens is 380 g/mol. The van der Waals surface area contributed by atoms with Crippen LogP contribution in [0.25, 0.3) is 0 Å². The summed E-state index contributed by atoms with van der Waals surface area (Å²) in [4.78, 5) is 18.0. The van der Waals surface area contributed by atoms with Crippen LogP contribution in [0.2, 0.25) is 0 Å². The lowest BCUT2D eigenvalue weighted by molar-refractivity contribution is -0.138. The number of fused-ring (bicyclic) bond motifs is 7. The minimum Gasteiger partial charge on any atom is -0.484 e. The minimum absolute atomic E-state index is 0.0753. The van der Waals surface area contributed by atoms with E-state index in [0.717, 1.165) is 37.7 Å². The molecule has 3 fully saturated rings. The maximum Gasteiger partial charge on any atom is 0.261 e. The molecule has 0 spiro atoms. The molecular formula is C24H30N2O4. The maximum absolute atomic E-state index is 13.2. The Balaban J connectivity index is 1.17. The van der Waals surface area contributed by atoms with Crippen molar-refractivity contribution in [3.8, 4) is 17.2 Å². The van der Waals surface area contributed by atoms with Gasteiger partial charge in [0.05, 0.1) is 6.04 Å². The summed E-state index contributed by atoms with van der Waals surface area (Å²) in [7, 11) is 0. The van der Waals surface area contributed by atoms with Gasteiger partial charge < -0.3 is 19.1 Å². The summed E-state index contributed by atoms with van der Waals surface area (Å²) >= 11 is 0. The first-order valence-electron chi connectivity index (χ1n) is 11.5. The van der Waals surface area contributed by atoms with Crippen LogP contribution in [0.1, 0.15) is 38.5 Å². The number of nitrogens with zero attached hydrogens (tertiary/aromatic N) is 2. The van der Waals surface area contributed by atoms with Crippen LogP contribution >= 0.6 is 0 Å². The van der Waals surface area contributed by atoms with E-state index < -0.39 is 0 Å². The SMILES string of the molecule is O=C(COc1ccc2c(c1)OCO2)N1CCCC2=C[C@H]3C[C@@H](CN4CCCC[C@H]34)[C@H]21. The van der Waals surface area contributed by atoms with Crippen LogP contribution in [-0.2, 0) is 4.79 Å². The molecule has 0 radical (unpaired) electrons. The Bertz CT molecular complexity index is 869. The molecule has 1 aromatic carbocycles. The number of hydrogen-bond donors (Lipinski definition) is 0. The van der Waals surface area contributed by atoms with Crippen LogP contribution in [0, 0.1) is 11.8 Å². The Morgan fingerprint density at radius 1 is 1.13 bits per heavy atom. The molecule has 4 atom stereocenters. The quantitative estimate of drug-likeness (QED) is 0.717. The molecule has 5 aliphatic rings. The summed E-state index contributed by atoms with van der Waals surface area (Å²) in [6.45, 7) is 3.54. The van der Waals surface area contributed by atoms with Crippen molar-refractivity contribution in [3.63, 3.8) is 0 Å². The van der Waals surface area contributed by atoms with Crippen molar-refractivity contribution in [2.24, 2.45) is 11.8 Å². The zero-order valence-electron chi connectivity index (χ0n) is 17.4. The highest BCUT2D eigenvalue weighted by Crippen LogP contribution is 2.45. The average molecular weight is 411 g/mol. The fourth-order valence-corrected chi connectivity index (χ4v) is 6.45. The molecule has 0 saturated carbocycles. The van der Waals surface area contributed by atoms with Gasteiger partial charge in [0.1, 0.15) is 5.75 Å². The van der Waals surface area contributed by atoms with E-state index in [2.05, 4.69) is 15.9 Å². The molecule has 6 rings (SSSR count). The molecule has 1 aromatic rings. The maximum atomic E-state index is 13.2. The van der Waals surface area contributed by atoms with E-state index >= 15 is 0 Å². The normalized spacial score (nSPS) is 32.1. The lowest BCUT2D eigenvalue weighted by atomic mass is 9.68. The van der Waals surface area contributed by atoms with Crippen molar-refractivity contribution >= 4 is 5.91 Å². The first kappa shape index (κ1) is 18.6. The summed E-state index contributed by atoms with van der Waals surface area (Å²) in [5, 5.41) is 0. The van der Waals surface area contributed by atoms with E-state index in [-0.39, 0.29) is 25.3 Å². The molecule has 160 valence electrons. The molecule has 6 heteroatoms. The summed E-state index contributed by atoms with van der Waals surface area (Å²) in [5.41, 5.74) is 1.52. The summed E-state index contributed by atoms with van der Waals surface area (Å²) in [5.74, 6) is 3.42. The Hall–Kier alpha value is -2.21.